The molecule has 0 spiro atoms. The molecule has 0 aromatic rings. The van der Waals surface area contributed by atoms with Gasteiger partial charge in [-0.05, 0) is 26.2 Å². The molecule has 1 unspecified atom stereocenters. The highest BCUT2D eigenvalue weighted by Crippen LogP contribution is 2.22. The third kappa shape index (κ3) is 3.88. The first-order valence-electron chi connectivity index (χ1n) is 6.44. The molecule has 0 saturated carbocycles. The van der Waals surface area contributed by atoms with Crippen LogP contribution in [0, 0.1) is 0 Å². The zero-order chi connectivity index (χ0) is 13.8. The molecule has 0 aromatic heterocycles. The molecule has 2 N–H and O–H groups in total. The van der Waals surface area contributed by atoms with Gasteiger partial charge in [0.1, 0.15) is 0 Å². The SMILES string of the molecule is CCCN(CC(N)=S)S(=O)(=O)N1CCCCC1C. The minimum Gasteiger partial charge on any atom is -0.392 e. The summed E-state index contributed by atoms with van der Waals surface area (Å²) in [4.78, 5) is 0.219. The Kier molecular flexibility index (Phi) is 5.97. The van der Waals surface area contributed by atoms with Crippen LogP contribution in [0.2, 0.25) is 0 Å². The fourth-order valence-corrected chi connectivity index (χ4v) is 4.43. The van der Waals surface area contributed by atoms with E-state index in [0.29, 0.717) is 13.1 Å². The first-order valence-corrected chi connectivity index (χ1v) is 8.25. The fourth-order valence-electron chi connectivity index (χ4n) is 2.26. The van der Waals surface area contributed by atoms with E-state index in [4.69, 9.17) is 18.0 Å². The van der Waals surface area contributed by atoms with Crippen LogP contribution < -0.4 is 5.73 Å². The molecule has 1 saturated heterocycles. The molecule has 1 aliphatic heterocycles. The Morgan fingerprint density at radius 3 is 2.67 bits per heavy atom. The number of piperidine rings is 1. The summed E-state index contributed by atoms with van der Waals surface area (Å²) in [6, 6.07) is 0.0643. The van der Waals surface area contributed by atoms with Gasteiger partial charge in [0.2, 0.25) is 0 Å². The summed E-state index contributed by atoms with van der Waals surface area (Å²) in [6.07, 6.45) is 3.70. The van der Waals surface area contributed by atoms with E-state index in [0.717, 1.165) is 25.7 Å². The molecular formula is C11H23N3O2S2. The van der Waals surface area contributed by atoms with E-state index in [-0.39, 0.29) is 17.6 Å². The van der Waals surface area contributed by atoms with E-state index in [9.17, 15) is 8.42 Å². The van der Waals surface area contributed by atoms with Gasteiger partial charge < -0.3 is 5.73 Å². The van der Waals surface area contributed by atoms with E-state index in [1.165, 1.54) is 4.31 Å². The Morgan fingerprint density at radius 1 is 1.50 bits per heavy atom. The molecule has 0 bridgehead atoms. The molecule has 106 valence electrons. The maximum absolute atomic E-state index is 12.6. The molecule has 0 aromatic carbocycles. The Balaban J connectivity index is 2.88. The Hall–Kier alpha value is -0.240. The first kappa shape index (κ1) is 15.8. The quantitative estimate of drug-likeness (QED) is 0.745. The van der Waals surface area contributed by atoms with Crippen molar-refractivity contribution in [3.63, 3.8) is 0 Å². The lowest BCUT2D eigenvalue weighted by molar-refractivity contribution is 0.248. The van der Waals surface area contributed by atoms with Crippen molar-refractivity contribution in [3.05, 3.63) is 0 Å². The smallest absolute Gasteiger partial charge is 0.282 e. The lowest BCUT2D eigenvalue weighted by Gasteiger charge is -2.36. The molecular weight excluding hydrogens is 270 g/mol. The molecule has 18 heavy (non-hydrogen) atoms. The van der Waals surface area contributed by atoms with Crippen LogP contribution in [0.15, 0.2) is 0 Å². The summed E-state index contributed by atoms with van der Waals surface area (Å²) >= 11 is 4.84. The summed E-state index contributed by atoms with van der Waals surface area (Å²) < 4.78 is 28.1. The molecule has 0 aliphatic carbocycles. The van der Waals surface area contributed by atoms with Gasteiger partial charge in [-0.2, -0.15) is 17.0 Å². The Bertz CT molecular complexity index is 384. The molecule has 1 fully saturated rings. The second-order valence-corrected chi connectivity index (χ2v) is 7.17. The molecule has 1 heterocycles. The second-order valence-electron chi connectivity index (χ2n) is 4.76. The van der Waals surface area contributed by atoms with Crippen LogP contribution in [0.3, 0.4) is 0 Å². The standard InChI is InChI=1S/C11H23N3O2S2/c1-3-7-13(9-11(12)17)18(15,16)14-8-5-4-6-10(14)2/h10H,3-9H2,1-2H3,(H2,12,17). The van der Waals surface area contributed by atoms with Crippen molar-refractivity contribution in [1.29, 1.82) is 0 Å². The van der Waals surface area contributed by atoms with Crippen molar-refractivity contribution in [3.8, 4) is 0 Å². The number of hydrogen-bond donors (Lipinski definition) is 1. The van der Waals surface area contributed by atoms with Crippen LogP contribution in [0.25, 0.3) is 0 Å². The van der Waals surface area contributed by atoms with Gasteiger partial charge in [-0.3, -0.25) is 0 Å². The maximum Gasteiger partial charge on any atom is 0.282 e. The zero-order valence-corrected chi connectivity index (χ0v) is 12.8. The Labute approximate surface area is 115 Å². The van der Waals surface area contributed by atoms with E-state index >= 15 is 0 Å². The highest BCUT2D eigenvalue weighted by Gasteiger charge is 2.34. The lowest BCUT2D eigenvalue weighted by atomic mass is 10.1. The summed E-state index contributed by atoms with van der Waals surface area (Å²) in [6.45, 7) is 5.10. The highest BCUT2D eigenvalue weighted by atomic mass is 32.2. The first-order chi connectivity index (χ1) is 8.39. The zero-order valence-electron chi connectivity index (χ0n) is 11.1. The van der Waals surface area contributed by atoms with Gasteiger partial charge in [-0.1, -0.05) is 25.6 Å². The van der Waals surface area contributed by atoms with Crippen molar-refractivity contribution in [2.45, 2.75) is 45.6 Å². The van der Waals surface area contributed by atoms with Gasteiger partial charge >= 0.3 is 0 Å². The fraction of sp³-hybridized carbons (Fsp3) is 0.909. The minimum atomic E-state index is -3.43. The van der Waals surface area contributed by atoms with Crippen molar-refractivity contribution in [1.82, 2.24) is 8.61 Å². The largest absolute Gasteiger partial charge is 0.392 e. The molecule has 1 atom stereocenters. The van der Waals surface area contributed by atoms with Gasteiger partial charge in [0, 0.05) is 19.1 Å². The number of rotatable bonds is 6. The molecule has 0 radical (unpaired) electrons. The molecule has 0 amide bonds. The Morgan fingerprint density at radius 2 is 2.17 bits per heavy atom. The van der Waals surface area contributed by atoms with E-state index in [1.54, 1.807) is 4.31 Å². The lowest BCUT2D eigenvalue weighted by Crippen LogP contribution is -2.51. The topological polar surface area (TPSA) is 66.6 Å². The average molecular weight is 293 g/mol. The third-order valence-electron chi connectivity index (χ3n) is 3.17. The number of nitrogens with two attached hydrogens (primary N) is 1. The van der Waals surface area contributed by atoms with Crippen LogP contribution in [-0.4, -0.2) is 47.7 Å². The number of nitrogens with zero attached hydrogens (tertiary/aromatic N) is 2. The predicted octanol–water partition coefficient (Wildman–Crippen LogP) is 1.10. The normalized spacial score (nSPS) is 22.3. The monoisotopic (exact) mass is 293 g/mol. The average Bonchev–Trinajstić information content (AvgIpc) is 2.28. The van der Waals surface area contributed by atoms with Crippen LogP contribution >= 0.6 is 12.2 Å². The predicted molar refractivity (Wildman–Crippen MR) is 77.6 cm³/mol. The molecule has 5 nitrogen and oxygen atoms in total. The third-order valence-corrected chi connectivity index (χ3v) is 5.40. The number of hydrogen-bond acceptors (Lipinski definition) is 3. The van der Waals surface area contributed by atoms with E-state index in [1.807, 2.05) is 13.8 Å². The molecule has 1 aliphatic rings. The number of thiocarbonyl (C=S) groups is 1. The van der Waals surface area contributed by atoms with Gasteiger partial charge in [-0.15, -0.1) is 0 Å². The van der Waals surface area contributed by atoms with Crippen LogP contribution in [0.1, 0.15) is 39.5 Å². The molecule has 1 rings (SSSR count). The highest BCUT2D eigenvalue weighted by molar-refractivity contribution is 7.87. The molecule has 7 heteroatoms. The van der Waals surface area contributed by atoms with Crippen molar-refractivity contribution < 1.29 is 8.42 Å². The minimum absolute atomic E-state index is 0.0643. The summed E-state index contributed by atoms with van der Waals surface area (Å²) in [5, 5.41) is 0. The van der Waals surface area contributed by atoms with Gasteiger partial charge in [0.15, 0.2) is 0 Å². The van der Waals surface area contributed by atoms with Crippen molar-refractivity contribution >= 4 is 27.4 Å². The van der Waals surface area contributed by atoms with Crippen LogP contribution in [0.5, 0.6) is 0 Å². The second kappa shape index (κ2) is 6.79. The van der Waals surface area contributed by atoms with Gasteiger partial charge in [-0.25, -0.2) is 0 Å². The van der Waals surface area contributed by atoms with Crippen LogP contribution in [0.4, 0.5) is 0 Å². The summed E-state index contributed by atoms with van der Waals surface area (Å²) in [5.41, 5.74) is 5.49. The van der Waals surface area contributed by atoms with Crippen molar-refractivity contribution in [2.75, 3.05) is 19.6 Å². The van der Waals surface area contributed by atoms with Crippen LogP contribution in [-0.2, 0) is 10.2 Å². The van der Waals surface area contributed by atoms with E-state index < -0.39 is 10.2 Å². The summed E-state index contributed by atoms with van der Waals surface area (Å²) in [5.74, 6) is 0. The van der Waals surface area contributed by atoms with Crippen molar-refractivity contribution in [2.24, 2.45) is 5.73 Å². The van der Waals surface area contributed by atoms with Gasteiger partial charge in [0.25, 0.3) is 10.2 Å². The van der Waals surface area contributed by atoms with Gasteiger partial charge in [0.05, 0.1) is 11.5 Å². The maximum atomic E-state index is 12.6. The van der Waals surface area contributed by atoms with E-state index in [2.05, 4.69) is 0 Å². The summed E-state index contributed by atoms with van der Waals surface area (Å²) in [7, 11) is -3.43.